The lowest BCUT2D eigenvalue weighted by atomic mass is 10.2. The van der Waals surface area contributed by atoms with Crippen LogP contribution in [0.15, 0.2) is 29.2 Å². The number of benzene rings is 1. The third-order valence-electron chi connectivity index (χ3n) is 5.46. The molecule has 1 aromatic carbocycles. The molecule has 1 aromatic rings. The monoisotopic (exact) mass is 422 g/mol. The van der Waals surface area contributed by atoms with E-state index >= 15 is 0 Å². The van der Waals surface area contributed by atoms with Crippen LogP contribution in [0.1, 0.15) is 32.6 Å². The molecule has 0 aromatic heterocycles. The van der Waals surface area contributed by atoms with Gasteiger partial charge in [0.25, 0.3) is 0 Å². The van der Waals surface area contributed by atoms with Crippen molar-refractivity contribution in [2.75, 3.05) is 51.1 Å². The summed E-state index contributed by atoms with van der Waals surface area (Å²) >= 11 is 0. The molecule has 2 fully saturated rings. The second-order valence-corrected chi connectivity index (χ2v) is 9.62. The van der Waals surface area contributed by atoms with Gasteiger partial charge >= 0.3 is 0 Å². The molecule has 1 N–H and O–H groups in total. The predicted octanol–water partition coefficient (Wildman–Crippen LogP) is 1.35. The number of likely N-dealkylation sites (tertiary alicyclic amines) is 1. The number of hydrogen-bond acceptors (Lipinski definition) is 5. The summed E-state index contributed by atoms with van der Waals surface area (Å²) in [5, 5.41) is 2.63. The van der Waals surface area contributed by atoms with Gasteiger partial charge in [-0.05, 0) is 37.1 Å². The number of piperazine rings is 1. The lowest BCUT2D eigenvalue weighted by Gasteiger charge is -2.34. The highest BCUT2D eigenvalue weighted by atomic mass is 32.2. The molecule has 0 bridgehead atoms. The van der Waals surface area contributed by atoms with E-state index in [0.29, 0.717) is 38.4 Å². The molecule has 2 aliphatic rings. The number of hydrogen-bond donors (Lipinski definition) is 1. The predicted molar refractivity (Wildman–Crippen MR) is 111 cm³/mol. The van der Waals surface area contributed by atoms with E-state index in [1.165, 1.54) is 36.2 Å². The maximum Gasteiger partial charge on any atom is 0.243 e. The lowest BCUT2D eigenvalue weighted by Crippen LogP contribution is -2.51. The summed E-state index contributed by atoms with van der Waals surface area (Å²) in [5.41, 5.74) is 0.563. The van der Waals surface area contributed by atoms with E-state index in [1.807, 2.05) is 9.80 Å². The highest BCUT2D eigenvalue weighted by Gasteiger charge is 2.29. The van der Waals surface area contributed by atoms with E-state index in [-0.39, 0.29) is 16.7 Å². The molecule has 0 saturated carbocycles. The molecule has 160 valence electrons. The Balaban J connectivity index is 1.53. The molecular formula is C20H30N4O4S. The maximum absolute atomic E-state index is 12.9. The second kappa shape index (κ2) is 9.69. The molecule has 0 atom stereocenters. The maximum atomic E-state index is 12.9. The van der Waals surface area contributed by atoms with Crippen molar-refractivity contribution in [3.8, 4) is 0 Å². The van der Waals surface area contributed by atoms with Gasteiger partial charge < -0.3 is 10.2 Å². The van der Waals surface area contributed by atoms with Crippen LogP contribution < -0.4 is 5.32 Å². The summed E-state index contributed by atoms with van der Waals surface area (Å²) in [6.07, 6.45) is 4.51. The SMILES string of the molecule is CC(=O)Nc1ccc(S(=O)(=O)N2CCN(CC(=O)N3CCCCCC3)CC2)cc1. The molecule has 2 aliphatic heterocycles. The Bertz CT molecular complexity index is 809. The van der Waals surface area contributed by atoms with E-state index < -0.39 is 10.0 Å². The van der Waals surface area contributed by atoms with Crippen LogP contribution in [0.3, 0.4) is 0 Å². The number of nitrogens with zero attached hydrogens (tertiary/aromatic N) is 3. The van der Waals surface area contributed by atoms with Crippen molar-refractivity contribution < 1.29 is 18.0 Å². The third-order valence-corrected chi connectivity index (χ3v) is 7.37. The van der Waals surface area contributed by atoms with Gasteiger partial charge in [-0.25, -0.2) is 8.42 Å². The van der Waals surface area contributed by atoms with Crippen molar-refractivity contribution in [2.24, 2.45) is 0 Å². The van der Waals surface area contributed by atoms with Crippen molar-refractivity contribution in [1.29, 1.82) is 0 Å². The molecule has 2 saturated heterocycles. The Morgan fingerprint density at radius 2 is 1.48 bits per heavy atom. The third kappa shape index (κ3) is 5.77. The number of amides is 2. The summed E-state index contributed by atoms with van der Waals surface area (Å²) in [6.45, 7) is 5.25. The van der Waals surface area contributed by atoms with Crippen molar-refractivity contribution >= 4 is 27.5 Å². The van der Waals surface area contributed by atoms with Crippen molar-refractivity contribution in [3.63, 3.8) is 0 Å². The fourth-order valence-corrected chi connectivity index (χ4v) is 5.22. The van der Waals surface area contributed by atoms with Crippen LogP contribution in [0, 0.1) is 0 Å². The van der Waals surface area contributed by atoms with Crippen LogP contribution in [0.25, 0.3) is 0 Å². The van der Waals surface area contributed by atoms with E-state index in [1.54, 1.807) is 12.1 Å². The average Bonchev–Trinajstić information content (AvgIpc) is 2.98. The standard InChI is InChI=1S/C20H30N4O4S/c1-17(25)21-18-6-8-19(9-7-18)29(27,28)24-14-12-22(13-15-24)16-20(26)23-10-4-2-3-5-11-23/h6-9H,2-5,10-16H2,1H3,(H,21,25). The van der Waals surface area contributed by atoms with Gasteiger partial charge in [0, 0.05) is 51.9 Å². The largest absolute Gasteiger partial charge is 0.342 e. The van der Waals surface area contributed by atoms with Crippen molar-refractivity contribution in [3.05, 3.63) is 24.3 Å². The van der Waals surface area contributed by atoms with Crippen LogP contribution >= 0.6 is 0 Å². The van der Waals surface area contributed by atoms with Gasteiger partial charge in [-0.1, -0.05) is 12.8 Å². The molecule has 0 spiro atoms. The number of rotatable bonds is 5. The van der Waals surface area contributed by atoms with Gasteiger partial charge in [0.2, 0.25) is 21.8 Å². The smallest absolute Gasteiger partial charge is 0.243 e. The topological polar surface area (TPSA) is 90.0 Å². The van der Waals surface area contributed by atoms with Crippen molar-refractivity contribution in [2.45, 2.75) is 37.5 Å². The fourth-order valence-electron chi connectivity index (χ4n) is 3.80. The van der Waals surface area contributed by atoms with Crippen LogP contribution in [0.2, 0.25) is 0 Å². The Labute approximate surface area is 172 Å². The molecule has 0 aliphatic carbocycles. The minimum atomic E-state index is -3.59. The summed E-state index contributed by atoms with van der Waals surface area (Å²) < 4.78 is 27.2. The Morgan fingerprint density at radius 1 is 0.897 bits per heavy atom. The van der Waals surface area contributed by atoms with Gasteiger partial charge in [-0.15, -0.1) is 0 Å². The van der Waals surface area contributed by atoms with Crippen LogP contribution in [-0.2, 0) is 19.6 Å². The first-order chi connectivity index (χ1) is 13.9. The summed E-state index contributed by atoms with van der Waals surface area (Å²) in [7, 11) is -3.59. The van der Waals surface area contributed by atoms with E-state index in [4.69, 9.17) is 0 Å². The molecule has 8 nitrogen and oxygen atoms in total. The van der Waals surface area contributed by atoms with Crippen LogP contribution in [0.4, 0.5) is 5.69 Å². The molecule has 2 heterocycles. The van der Waals surface area contributed by atoms with Crippen molar-refractivity contribution in [1.82, 2.24) is 14.1 Å². The Morgan fingerprint density at radius 3 is 2.03 bits per heavy atom. The zero-order chi connectivity index (χ0) is 20.9. The van der Waals surface area contributed by atoms with Crippen LogP contribution in [0.5, 0.6) is 0 Å². The number of sulfonamides is 1. The highest BCUT2D eigenvalue weighted by Crippen LogP contribution is 2.20. The number of anilines is 1. The van der Waals surface area contributed by atoms with Gasteiger partial charge in [0.15, 0.2) is 0 Å². The fraction of sp³-hybridized carbons (Fsp3) is 0.600. The zero-order valence-corrected chi connectivity index (χ0v) is 17.8. The first kappa shape index (κ1) is 21.7. The molecular weight excluding hydrogens is 392 g/mol. The molecule has 0 radical (unpaired) electrons. The Kier molecular flexibility index (Phi) is 7.26. The van der Waals surface area contributed by atoms with Gasteiger partial charge in [0.05, 0.1) is 11.4 Å². The van der Waals surface area contributed by atoms with Gasteiger partial charge in [0.1, 0.15) is 0 Å². The summed E-state index contributed by atoms with van der Waals surface area (Å²) in [4.78, 5) is 27.8. The normalized spacial score (nSPS) is 19.6. The minimum Gasteiger partial charge on any atom is -0.342 e. The van der Waals surface area contributed by atoms with Gasteiger partial charge in [-0.2, -0.15) is 4.31 Å². The molecule has 3 rings (SSSR count). The second-order valence-electron chi connectivity index (χ2n) is 7.68. The number of carbonyl (C=O) groups is 2. The van der Waals surface area contributed by atoms with E-state index in [9.17, 15) is 18.0 Å². The summed E-state index contributed by atoms with van der Waals surface area (Å²) in [6, 6.07) is 6.19. The zero-order valence-electron chi connectivity index (χ0n) is 17.0. The van der Waals surface area contributed by atoms with E-state index in [0.717, 1.165) is 25.9 Å². The highest BCUT2D eigenvalue weighted by molar-refractivity contribution is 7.89. The average molecular weight is 423 g/mol. The van der Waals surface area contributed by atoms with Crippen LogP contribution in [-0.4, -0.2) is 80.2 Å². The minimum absolute atomic E-state index is 0.150. The first-order valence-corrected chi connectivity index (χ1v) is 11.7. The quantitative estimate of drug-likeness (QED) is 0.774. The molecule has 0 unspecified atom stereocenters. The first-order valence-electron chi connectivity index (χ1n) is 10.2. The number of carbonyl (C=O) groups excluding carboxylic acids is 2. The molecule has 2 amide bonds. The van der Waals surface area contributed by atoms with E-state index in [2.05, 4.69) is 5.32 Å². The number of nitrogens with one attached hydrogen (secondary N) is 1. The van der Waals surface area contributed by atoms with Gasteiger partial charge in [-0.3, -0.25) is 14.5 Å². The molecule has 9 heteroatoms. The summed E-state index contributed by atoms with van der Waals surface area (Å²) in [5.74, 6) is -0.0526. The lowest BCUT2D eigenvalue weighted by molar-refractivity contribution is -0.132. The Hall–Kier alpha value is -1.97. The molecule has 29 heavy (non-hydrogen) atoms.